The smallest absolute Gasteiger partial charge is 0.131 e. The van der Waals surface area contributed by atoms with E-state index in [-0.39, 0.29) is 6.04 Å². The Kier molecular flexibility index (Phi) is 4.08. The van der Waals surface area contributed by atoms with E-state index in [1.807, 2.05) is 31.2 Å². The van der Waals surface area contributed by atoms with Crippen LogP contribution in [0.1, 0.15) is 23.1 Å². The first-order valence-electron chi connectivity index (χ1n) is 8.07. The van der Waals surface area contributed by atoms with Gasteiger partial charge in [-0.2, -0.15) is 5.26 Å². The molecule has 4 rings (SSSR count). The molecular weight excluding hydrogens is 338 g/mol. The predicted molar refractivity (Wildman–Crippen MR) is 95.8 cm³/mol. The van der Waals surface area contributed by atoms with E-state index in [9.17, 15) is 5.26 Å². The molecule has 1 aromatic carbocycles. The van der Waals surface area contributed by atoms with E-state index in [1.165, 1.54) is 0 Å². The molecular formula is C19H16ClN3O2. The van der Waals surface area contributed by atoms with Crippen LogP contribution < -0.4 is 4.90 Å². The number of morpholine rings is 1. The Balaban J connectivity index is 1.81. The van der Waals surface area contributed by atoms with Crippen molar-refractivity contribution in [2.24, 2.45) is 0 Å². The molecule has 2 aromatic heterocycles. The molecule has 1 aliphatic rings. The van der Waals surface area contributed by atoms with Gasteiger partial charge in [0.15, 0.2) is 0 Å². The molecule has 126 valence electrons. The van der Waals surface area contributed by atoms with Crippen LogP contribution in [0.15, 0.2) is 40.8 Å². The number of halogens is 1. The first kappa shape index (κ1) is 15.9. The summed E-state index contributed by atoms with van der Waals surface area (Å²) in [5.41, 5.74) is 1.31. The fourth-order valence-corrected chi connectivity index (χ4v) is 3.34. The van der Waals surface area contributed by atoms with Gasteiger partial charge in [0.1, 0.15) is 23.4 Å². The van der Waals surface area contributed by atoms with Gasteiger partial charge in [0.05, 0.1) is 30.4 Å². The third-order valence-electron chi connectivity index (χ3n) is 4.39. The van der Waals surface area contributed by atoms with Gasteiger partial charge in [-0.25, -0.2) is 4.98 Å². The Labute approximate surface area is 150 Å². The lowest BCUT2D eigenvalue weighted by Crippen LogP contribution is -2.40. The highest BCUT2D eigenvalue weighted by molar-refractivity contribution is 6.31. The number of aryl methyl sites for hydroxylation is 1. The molecule has 1 fully saturated rings. The molecule has 1 unspecified atom stereocenters. The summed E-state index contributed by atoms with van der Waals surface area (Å²) in [6.45, 7) is 3.73. The van der Waals surface area contributed by atoms with Crippen molar-refractivity contribution in [2.45, 2.75) is 13.0 Å². The lowest BCUT2D eigenvalue weighted by Gasteiger charge is -2.35. The Morgan fingerprint density at radius 3 is 2.92 bits per heavy atom. The van der Waals surface area contributed by atoms with Crippen LogP contribution in [0.25, 0.3) is 10.9 Å². The normalized spacial score (nSPS) is 17.6. The molecule has 1 atom stereocenters. The molecule has 5 nitrogen and oxygen atoms in total. The zero-order chi connectivity index (χ0) is 17.4. The van der Waals surface area contributed by atoms with E-state index in [0.29, 0.717) is 30.3 Å². The van der Waals surface area contributed by atoms with Crippen molar-refractivity contribution >= 4 is 28.3 Å². The Morgan fingerprint density at radius 1 is 1.28 bits per heavy atom. The molecule has 0 aliphatic carbocycles. The van der Waals surface area contributed by atoms with Crippen LogP contribution in [0.4, 0.5) is 5.82 Å². The van der Waals surface area contributed by atoms with Crippen LogP contribution >= 0.6 is 11.6 Å². The fourth-order valence-electron chi connectivity index (χ4n) is 3.17. The van der Waals surface area contributed by atoms with Crippen LogP contribution in [0.2, 0.25) is 5.02 Å². The number of furan rings is 1. The first-order chi connectivity index (χ1) is 12.2. The Hall–Kier alpha value is -2.55. The van der Waals surface area contributed by atoms with Crippen molar-refractivity contribution in [1.29, 1.82) is 5.26 Å². The monoisotopic (exact) mass is 353 g/mol. The van der Waals surface area contributed by atoms with E-state index in [2.05, 4.69) is 11.0 Å². The number of rotatable bonds is 2. The second-order valence-corrected chi connectivity index (χ2v) is 6.47. The maximum atomic E-state index is 9.55. The van der Waals surface area contributed by atoms with Gasteiger partial charge in [0.2, 0.25) is 0 Å². The van der Waals surface area contributed by atoms with Crippen LogP contribution in [0.5, 0.6) is 0 Å². The summed E-state index contributed by atoms with van der Waals surface area (Å²) in [4.78, 5) is 6.89. The quantitative estimate of drug-likeness (QED) is 0.689. The molecule has 1 aliphatic heterocycles. The first-order valence-corrected chi connectivity index (χ1v) is 8.44. The summed E-state index contributed by atoms with van der Waals surface area (Å²) in [6.07, 6.45) is 0. The van der Waals surface area contributed by atoms with Gasteiger partial charge >= 0.3 is 0 Å². The van der Waals surface area contributed by atoms with Gasteiger partial charge in [-0.15, -0.1) is 0 Å². The molecule has 0 N–H and O–H groups in total. The summed E-state index contributed by atoms with van der Waals surface area (Å²) in [5, 5.41) is 10.9. The minimum atomic E-state index is -0.0637. The summed E-state index contributed by atoms with van der Waals surface area (Å²) < 4.78 is 11.4. The maximum absolute atomic E-state index is 9.55. The molecule has 3 heterocycles. The number of fused-ring (bicyclic) bond motifs is 1. The van der Waals surface area contributed by atoms with Crippen LogP contribution in [0, 0.1) is 18.3 Å². The predicted octanol–water partition coefficient (Wildman–Crippen LogP) is 4.24. The number of ether oxygens (including phenoxy) is 1. The minimum Gasteiger partial charge on any atom is -0.464 e. The van der Waals surface area contributed by atoms with Gasteiger partial charge < -0.3 is 14.1 Å². The average Bonchev–Trinajstić information content (AvgIpc) is 3.07. The molecule has 0 amide bonds. The van der Waals surface area contributed by atoms with Crippen molar-refractivity contribution in [1.82, 2.24) is 4.98 Å². The number of pyridine rings is 1. The number of benzene rings is 1. The topological polar surface area (TPSA) is 62.3 Å². The summed E-state index contributed by atoms with van der Waals surface area (Å²) in [5.74, 6) is 2.45. The Bertz CT molecular complexity index is 976. The van der Waals surface area contributed by atoms with Crippen LogP contribution in [-0.4, -0.2) is 24.7 Å². The average molecular weight is 354 g/mol. The lowest BCUT2D eigenvalue weighted by molar-refractivity contribution is 0.0870. The zero-order valence-electron chi connectivity index (χ0n) is 13.7. The van der Waals surface area contributed by atoms with Crippen molar-refractivity contribution < 1.29 is 9.15 Å². The Morgan fingerprint density at radius 2 is 2.16 bits per heavy atom. The van der Waals surface area contributed by atoms with Gasteiger partial charge in [-0.05, 0) is 43.3 Å². The van der Waals surface area contributed by atoms with E-state index in [4.69, 9.17) is 25.7 Å². The number of aromatic nitrogens is 1. The van der Waals surface area contributed by atoms with E-state index in [1.54, 1.807) is 12.1 Å². The highest BCUT2D eigenvalue weighted by atomic mass is 35.5. The minimum absolute atomic E-state index is 0.0637. The highest BCUT2D eigenvalue weighted by Gasteiger charge is 2.28. The van der Waals surface area contributed by atoms with E-state index in [0.717, 1.165) is 28.2 Å². The molecule has 6 heteroatoms. The third kappa shape index (κ3) is 2.95. The maximum Gasteiger partial charge on any atom is 0.131 e. The molecule has 0 radical (unpaired) electrons. The van der Waals surface area contributed by atoms with Gasteiger partial charge in [0.25, 0.3) is 0 Å². The number of hydrogen-bond acceptors (Lipinski definition) is 5. The molecule has 25 heavy (non-hydrogen) atoms. The SMILES string of the molecule is Cc1ccc(C2COCCN2c2cc(C#N)c3cc(Cl)ccc3n2)o1. The van der Waals surface area contributed by atoms with Crippen molar-refractivity contribution in [2.75, 3.05) is 24.7 Å². The standard InChI is InChI=1S/C19H16ClN3O2/c1-12-2-5-18(25-12)17-11-24-7-6-23(17)19-8-13(10-21)15-9-14(20)3-4-16(15)22-19/h2-5,8-9,17H,6-7,11H2,1H3. The second-order valence-electron chi connectivity index (χ2n) is 6.03. The summed E-state index contributed by atoms with van der Waals surface area (Å²) >= 11 is 6.07. The molecule has 0 saturated carbocycles. The van der Waals surface area contributed by atoms with Crippen LogP contribution in [0.3, 0.4) is 0 Å². The molecule has 3 aromatic rings. The fraction of sp³-hybridized carbons (Fsp3) is 0.263. The lowest BCUT2D eigenvalue weighted by atomic mass is 10.1. The number of nitriles is 1. The van der Waals surface area contributed by atoms with Crippen molar-refractivity contribution in [3.05, 3.63) is 58.5 Å². The third-order valence-corrected chi connectivity index (χ3v) is 4.63. The van der Waals surface area contributed by atoms with Crippen molar-refractivity contribution in [3.63, 3.8) is 0 Å². The molecule has 0 bridgehead atoms. The summed E-state index contributed by atoms with van der Waals surface area (Å²) in [7, 11) is 0. The zero-order valence-corrected chi connectivity index (χ0v) is 14.5. The number of anilines is 1. The molecule has 0 spiro atoms. The molecule has 1 saturated heterocycles. The highest BCUT2D eigenvalue weighted by Crippen LogP contribution is 2.32. The van der Waals surface area contributed by atoms with Crippen LogP contribution in [-0.2, 0) is 4.74 Å². The second kappa shape index (κ2) is 6.40. The number of hydrogen-bond donors (Lipinski definition) is 0. The van der Waals surface area contributed by atoms with Gasteiger partial charge in [-0.1, -0.05) is 11.6 Å². The van der Waals surface area contributed by atoms with Gasteiger partial charge in [0, 0.05) is 17.0 Å². The van der Waals surface area contributed by atoms with E-state index < -0.39 is 0 Å². The van der Waals surface area contributed by atoms with E-state index >= 15 is 0 Å². The van der Waals surface area contributed by atoms with Gasteiger partial charge in [-0.3, -0.25) is 0 Å². The largest absolute Gasteiger partial charge is 0.464 e. The summed E-state index contributed by atoms with van der Waals surface area (Å²) in [6, 6.07) is 13.3. The van der Waals surface area contributed by atoms with Crippen molar-refractivity contribution in [3.8, 4) is 6.07 Å². The number of nitrogens with zero attached hydrogens (tertiary/aromatic N) is 3.